The van der Waals surface area contributed by atoms with Gasteiger partial charge in [0.2, 0.25) is 5.95 Å². The Morgan fingerprint density at radius 2 is 1.82 bits per heavy atom. The third-order valence-electron chi connectivity index (χ3n) is 6.40. The van der Waals surface area contributed by atoms with E-state index in [4.69, 9.17) is 16.3 Å². The van der Waals surface area contributed by atoms with Crippen molar-refractivity contribution in [3.8, 4) is 5.75 Å². The minimum Gasteiger partial charge on any atom is -0.496 e. The van der Waals surface area contributed by atoms with Crippen LogP contribution in [-0.4, -0.2) is 71.1 Å². The van der Waals surface area contributed by atoms with Gasteiger partial charge in [-0.05, 0) is 43.4 Å². The summed E-state index contributed by atoms with van der Waals surface area (Å²) in [6, 6.07) is 7.72. The van der Waals surface area contributed by atoms with E-state index in [1.807, 2.05) is 0 Å². The van der Waals surface area contributed by atoms with Crippen molar-refractivity contribution in [2.45, 2.75) is 6.18 Å². The number of methoxy groups -OCH3 is 1. The molecule has 0 unspecified atom stereocenters. The van der Waals surface area contributed by atoms with Crippen molar-refractivity contribution >= 4 is 51.7 Å². The van der Waals surface area contributed by atoms with E-state index in [-0.39, 0.29) is 17.0 Å². The average Bonchev–Trinajstić information content (AvgIpc) is 2.94. The van der Waals surface area contributed by atoms with E-state index in [0.29, 0.717) is 33.5 Å². The molecule has 10 nitrogen and oxygen atoms in total. The van der Waals surface area contributed by atoms with E-state index >= 15 is 0 Å². The molecular formula is C26H24ClF3N8O2. The Kier molecular flexibility index (Phi) is 7.59. The number of carbonyl (C=O) groups excluding carboxylic acids is 1. The molecule has 0 bridgehead atoms. The Morgan fingerprint density at radius 1 is 1.05 bits per heavy atom. The van der Waals surface area contributed by atoms with Crippen molar-refractivity contribution in [1.29, 1.82) is 0 Å². The first-order valence-corrected chi connectivity index (χ1v) is 12.5. The van der Waals surface area contributed by atoms with E-state index in [1.54, 1.807) is 6.20 Å². The van der Waals surface area contributed by atoms with E-state index < -0.39 is 17.6 Å². The first-order valence-electron chi connectivity index (χ1n) is 12.2. The van der Waals surface area contributed by atoms with Crippen molar-refractivity contribution in [2.24, 2.45) is 0 Å². The van der Waals surface area contributed by atoms with Gasteiger partial charge in [-0.2, -0.15) is 13.2 Å². The van der Waals surface area contributed by atoms with Crippen LogP contribution in [0.3, 0.4) is 0 Å². The highest BCUT2D eigenvalue weighted by atomic mass is 35.5. The Hall–Kier alpha value is -4.23. The number of nitrogens with one attached hydrogen (secondary N) is 2. The fourth-order valence-corrected chi connectivity index (χ4v) is 4.36. The van der Waals surface area contributed by atoms with Gasteiger partial charge in [-0.25, -0.2) is 19.9 Å². The maximum atomic E-state index is 13.4. The third kappa shape index (κ3) is 5.84. The van der Waals surface area contributed by atoms with Crippen molar-refractivity contribution in [1.82, 2.24) is 24.8 Å². The van der Waals surface area contributed by atoms with Crippen LogP contribution in [0.2, 0.25) is 5.02 Å². The average molecular weight is 573 g/mol. The van der Waals surface area contributed by atoms with Crippen LogP contribution in [0.1, 0.15) is 15.9 Å². The summed E-state index contributed by atoms with van der Waals surface area (Å²) in [6.07, 6.45) is -1.67. The van der Waals surface area contributed by atoms with Gasteiger partial charge in [0, 0.05) is 37.4 Å². The highest BCUT2D eigenvalue weighted by Crippen LogP contribution is 2.38. The zero-order valence-electron chi connectivity index (χ0n) is 21.5. The first-order chi connectivity index (χ1) is 19.1. The zero-order valence-corrected chi connectivity index (χ0v) is 22.2. The van der Waals surface area contributed by atoms with Crippen LogP contribution in [0.15, 0.2) is 48.9 Å². The minimum absolute atomic E-state index is 0.0440. The van der Waals surface area contributed by atoms with Gasteiger partial charge in [0.25, 0.3) is 5.91 Å². The largest absolute Gasteiger partial charge is 0.496 e. The van der Waals surface area contributed by atoms with E-state index in [0.717, 1.165) is 45.4 Å². The SMILES string of the molecule is COc1ccc(NC(=O)c2ccc(Cl)c(Nc3ncnc4cnc(N5CCN(C)CC5)nc34)c2)cc1C(F)(F)F. The molecular weight excluding hydrogens is 549 g/mol. The summed E-state index contributed by atoms with van der Waals surface area (Å²) in [7, 11) is 3.20. The van der Waals surface area contributed by atoms with Gasteiger partial charge in [0.15, 0.2) is 5.82 Å². The van der Waals surface area contributed by atoms with Crippen molar-refractivity contribution in [3.63, 3.8) is 0 Å². The van der Waals surface area contributed by atoms with Gasteiger partial charge in [-0.15, -0.1) is 0 Å². The van der Waals surface area contributed by atoms with Crippen LogP contribution >= 0.6 is 11.6 Å². The van der Waals surface area contributed by atoms with Gasteiger partial charge < -0.3 is 25.2 Å². The van der Waals surface area contributed by atoms with Gasteiger partial charge >= 0.3 is 6.18 Å². The normalized spacial score (nSPS) is 14.3. The number of halogens is 4. The number of alkyl halides is 3. The molecule has 0 aliphatic carbocycles. The van der Waals surface area contributed by atoms with Gasteiger partial charge in [-0.3, -0.25) is 4.79 Å². The van der Waals surface area contributed by atoms with Crippen molar-refractivity contribution < 1.29 is 22.7 Å². The number of benzene rings is 2. The Labute approximate surface area is 232 Å². The first kappa shape index (κ1) is 27.3. The summed E-state index contributed by atoms with van der Waals surface area (Å²) >= 11 is 6.41. The quantitative estimate of drug-likeness (QED) is 0.335. The van der Waals surface area contributed by atoms with Gasteiger partial charge in [-0.1, -0.05) is 11.6 Å². The molecule has 1 aliphatic heterocycles. The minimum atomic E-state index is -4.66. The smallest absolute Gasteiger partial charge is 0.420 e. The maximum Gasteiger partial charge on any atom is 0.420 e. The molecule has 2 N–H and O–H groups in total. The van der Waals surface area contributed by atoms with Crippen LogP contribution < -0.4 is 20.3 Å². The number of likely N-dealkylation sites (N-methyl/N-ethyl adjacent to an activating group) is 1. The highest BCUT2D eigenvalue weighted by Gasteiger charge is 2.34. The lowest BCUT2D eigenvalue weighted by atomic mass is 10.1. The molecule has 1 saturated heterocycles. The number of fused-ring (bicyclic) bond motifs is 1. The predicted octanol–water partition coefficient (Wildman–Crippen LogP) is 4.85. The Morgan fingerprint density at radius 3 is 2.55 bits per heavy atom. The number of aromatic nitrogens is 4. The second-order valence-electron chi connectivity index (χ2n) is 9.10. The van der Waals surface area contributed by atoms with Crippen LogP contribution in [0.25, 0.3) is 11.0 Å². The number of hydrogen-bond acceptors (Lipinski definition) is 9. The summed E-state index contributed by atoms with van der Waals surface area (Å²) in [5, 5.41) is 5.89. The number of amides is 1. The number of anilines is 4. The number of ether oxygens (including phenoxy) is 1. The summed E-state index contributed by atoms with van der Waals surface area (Å²) in [4.78, 5) is 35.0. The molecule has 14 heteroatoms. The Bertz CT molecular complexity index is 1560. The number of rotatable bonds is 6. The van der Waals surface area contributed by atoms with Crippen LogP contribution in [0.4, 0.5) is 36.3 Å². The molecule has 208 valence electrons. The second kappa shape index (κ2) is 11.1. The molecule has 0 atom stereocenters. The zero-order chi connectivity index (χ0) is 28.4. The predicted molar refractivity (Wildman–Crippen MR) is 146 cm³/mol. The molecule has 0 radical (unpaired) electrons. The van der Waals surface area contributed by atoms with Crippen LogP contribution in [0.5, 0.6) is 5.75 Å². The lowest BCUT2D eigenvalue weighted by Crippen LogP contribution is -2.45. The van der Waals surface area contributed by atoms with E-state index in [1.165, 1.54) is 30.6 Å². The fourth-order valence-electron chi connectivity index (χ4n) is 4.20. The maximum absolute atomic E-state index is 13.4. The van der Waals surface area contributed by atoms with Crippen LogP contribution in [0, 0.1) is 0 Å². The summed E-state index contributed by atoms with van der Waals surface area (Å²) in [5.74, 6) is -0.0759. The standard InChI is InChI=1S/C26H24ClF3N8O2/c1-37-7-9-38(10-8-37)25-31-13-20-22(36-25)23(33-14-32-20)35-19-11-15(3-5-18(19)27)24(39)34-16-4-6-21(40-2)17(12-16)26(28,29)30/h3-6,11-14H,7-10H2,1-2H3,(H,34,39)(H,32,33,35). The molecule has 2 aromatic heterocycles. The second-order valence-corrected chi connectivity index (χ2v) is 9.51. The van der Waals surface area contributed by atoms with Gasteiger partial charge in [0.05, 0.1) is 29.6 Å². The summed E-state index contributed by atoms with van der Waals surface area (Å²) in [5.41, 5.74) is 0.440. The van der Waals surface area contributed by atoms with Crippen molar-refractivity contribution in [2.75, 3.05) is 55.9 Å². The molecule has 3 heterocycles. The lowest BCUT2D eigenvalue weighted by Gasteiger charge is -2.32. The molecule has 4 aromatic rings. The number of carbonyl (C=O) groups is 1. The van der Waals surface area contributed by atoms with Crippen LogP contribution in [-0.2, 0) is 6.18 Å². The lowest BCUT2D eigenvalue weighted by molar-refractivity contribution is -0.138. The molecule has 0 saturated carbocycles. The molecule has 1 amide bonds. The number of piperazine rings is 1. The fraction of sp³-hybridized carbons (Fsp3) is 0.269. The molecule has 40 heavy (non-hydrogen) atoms. The topological polar surface area (TPSA) is 108 Å². The van der Waals surface area contributed by atoms with Crippen molar-refractivity contribution in [3.05, 3.63) is 65.1 Å². The molecule has 1 aliphatic rings. The van der Waals surface area contributed by atoms with E-state index in [2.05, 4.69) is 47.4 Å². The molecule has 2 aromatic carbocycles. The van der Waals surface area contributed by atoms with Gasteiger partial charge in [0.1, 0.15) is 23.1 Å². The summed E-state index contributed by atoms with van der Waals surface area (Å²) < 4.78 is 45.0. The monoisotopic (exact) mass is 572 g/mol. The number of hydrogen-bond donors (Lipinski definition) is 2. The number of nitrogens with zero attached hydrogens (tertiary/aromatic N) is 6. The summed E-state index contributed by atoms with van der Waals surface area (Å²) in [6.45, 7) is 3.33. The molecule has 0 spiro atoms. The Balaban J connectivity index is 1.40. The van der Waals surface area contributed by atoms with E-state index in [9.17, 15) is 18.0 Å². The third-order valence-corrected chi connectivity index (χ3v) is 6.72. The highest BCUT2D eigenvalue weighted by molar-refractivity contribution is 6.33. The molecule has 1 fully saturated rings. The molecule has 5 rings (SSSR count).